The second-order valence-corrected chi connectivity index (χ2v) is 15.4. The van der Waals surface area contributed by atoms with E-state index in [1.807, 2.05) is 30.3 Å². The van der Waals surface area contributed by atoms with E-state index in [1.165, 1.54) is 61.6 Å². The zero-order valence-corrected chi connectivity index (χ0v) is 31.4. The van der Waals surface area contributed by atoms with Crippen molar-refractivity contribution in [2.24, 2.45) is 0 Å². The van der Waals surface area contributed by atoms with E-state index in [0.29, 0.717) is 26.4 Å². The molecule has 270 valence electrons. The number of amides is 2. The molecule has 0 aromatic heterocycles. The number of methoxy groups -OCH3 is 2. The first-order valence-corrected chi connectivity index (χ1v) is 19.2. The molecule has 1 unspecified atom stereocenters. The molecule has 1 saturated carbocycles. The summed E-state index contributed by atoms with van der Waals surface area (Å²) in [4.78, 5) is 30.4. The van der Waals surface area contributed by atoms with Crippen molar-refractivity contribution in [3.05, 3.63) is 117 Å². The van der Waals surface area contributed by atoms with Crippen molar-refractivity contribution in [3.63, 3.8) is 0 Å². The van der Waals surface area contributed by atoms with Crippen molar-refractivity contribution in [2.75, 3.05) is 25.1 Å². The summed E-state index contributed by atoms with van der Waals surface area (Å²) >= 11 is 19.5. The Balaban J connectivity index is 1.60. The number of rotatable bonds is 14. The maximum atomic E-state index is 14.8. The molecule has 0 aliphatic heterocycles. The number of nitrogens with zero attached hydrogens (tertiary/aromatic N) is 2. The van der Waals surface area contributed by atoms with Crippen LogP contribution in [0.3, 0.4) is 0 Å². The van der Waals surface area contributed by atoms with Crippen molar-refractivity contribution in [1.82, 2.24) is 10.2 Å². The van der Waals surface area contributed by atoms with Gasteiger partial charge in [-0.15, -0.1) is 0 Å². The molecule has 9 nitrogen and oxygen atoms in total. The summed E-state index contributed by atoms with van der Waals surface area (Å²) in [6, 6.07) is 23.6. The highest BCUT2D eigenvalue weighted by molar-refractivity contribution is 7.92. The van der Waals surface area contributed by atoms with E-state index >= 15 is 0 Å². The summed E-state index contributed by atoms with van der Waals surface area (Å²) in [6.45, 7) is -0.819. The van der Waals surface area contributed by atoms with Crippen LogP contribution in [0.2, 0.25) is 15.1 Å². The number of halogens is 3. The number of hydrogen-bond donors (Lipinski definition) is 1. The van der Waals surface area contributed by atoms with E-state index in [1.54, 1.807) is 18.2 Å². The zero-order valence-electron chi connectivity index (χ0n) is 28.4. The summed E-state index contributed by atoms with van der Waals surface area (Å²) in [5, 5.41) is 4.18. The molecular formula is C38H40Cl3N3O6S. The fourth-order valence-corrected chi connectivity index (χ4v) is 8.27. The van der Waals surface area contributed by atoms with Crippen molar-refractivity contribution in [1.29, 1.82) is 0 Å². The van der Waals surface area contributed by atoms with Gasteiger partial charge in [0.15, 0.2) is 11.5 Å². The predicted octanol–water partition coefficient (Wildman–Crippen LogP) is 7.95. The lowest BCUT2D eigenvalue weighted by Crippen LogP contribution is -2.55. The number of benzene rings is 4. The van der Waals surface area contributed by atoms with Crippen LogP contribution in [-0.2, 0) is 32.6 Å². The highest BCUT2D eigenvalue weighted by atomic mass is 35.5. The molecule has 0 spiro atoms. The topological polar surface area (TPSA) is 105 Å². The van der Waals surface area contributed by atoms with Gasteiger partial charge in [0.2, 0.25) is 11.8 Å². The van der Waals surface area contributed by atoms with Crippen LogP contribution in [0.25, 0.3) is 0 Å². The largest absolute Gasteiger partial charge is 0.493 e. The molecule has 1 aliphatic carbocycles. The summed E-state index contributed by atoms with van der Waals surface area (Å²) in [5.74, 6) is -0.466. The van der Waals surface area contributed by atoms with Gasteiger partial charge in [-0.05, 0) is 66.9 Å². The minimum Gasteiger partial charge on any atom is -0.493 e. The smallest absolute Gasteiger partial charge is 0.264 e. The van der Waals surface area contributed by atoms with Crippen LogP contribution >= 0.6 is 34.8 Å². The van der Waals surface area contributed by atoms with E-state index < -0.39 is 28.5 Å². The zero-order chi connectivity index (χ0) is 36.5. The van der Waals surface area contributed by atoms with Crippen LogP contribution in [0.15, 0.2) is 95.9 Å². The number of nitrogens with one attached hydrogen (secondary N) is 1. The van der Waals surface area contributed by atoms with Crippen molar-refractivity contribution >= 4 is 62.3 Å². The molecule has 0 bridgehead atoms. The van der Waals surface area contributed by atoms with Gasteiger partial charge >= 0.3 is 0 Å². The molecule has 0 radical (unpaired) electrons. The Labute approximate surface area is 314 Å². The van der Waals surface area contributed by atoms with Gasteiger partial charge in [0, 0.05) is 45.7 Å². The third-order valence-electron chi connectivity index (χ3n) is 8.95. The summed E-state index contributed by atoms with van der Waals surface area (Å²) < 4.78 is 40.6. The molecule has 2 amide bonds. The Morgan fingerprint density at radius 3 is 2.10 bits per heavy atom. The molecule has 4 aromatic rings. The second-order valence-electron chi connectivity index (χ2n) is 12.3. The quantitative estimate of drug-likeness (QED) is 0.140. The molecule has 0 heterocycles. The van der Waals surface area contributed by atoms with E-state index in [2.05, 4.69) is 5.32 Å². The van der Waals surface area contributed by atoms with Gasteiger partial charge < -0.3 is 19.7 Å². The molecule has 1 atom stereocenters. The lowest BCUT2D eigenvalue weighted by atomic mass is 9.94. The van der Waals surface area contributed by atoms with Crippen LogP contribution in [0, 0.1) is 0 Å². The molecule has 4 aromatic carbocycles. The van der Waals surface area contributed by atoms with Gasteiger partial charge in [-0.2, -0.15) is 0 Å². The molecular weight excluding hydrogens is 733 g/mol. The van der Waals surface area contributed by atoms with Crippen molar-refractivity contribution in [2.45, 2.75) is 62.0 Å². The third-order valence-corrected chi connectivity index (χ3v) is 11.7. The van der Waals surface area contributed by atoms with E-state index in [4.69, 9.17) is 44.3 Å². The molecule has 1 N–H and O–H groups in total. The SMILES string of the molecule is COc1ccc(S(=O)(=O)N(CC(=O)N(Cc2c(Cl)cccc2Cl)C(Cc2ccccc2)C(=O)NC2CCCCC2)c2ccc(Cl)cc2)cc1OC. The van der Waals surface area contributed by atoms with Gasteiger partial charge in [-0.25, -0.2) is 8.42 Å². The first kappa shape index (κ1) is 38.3. The lowest BCUT2D eigenvalue weighted by Gasteiger charge is -2.35. The number of hydrogen-bond acceptors (Lipinski definition) is 6. The second kappa shape index (κ2) is 17.5. The Kier molecular flexibility index (Phi) is 13.1. The monoisotopic (exact) mass is 771 g/mol. The average molecular weight is 773 g/mol. The Morgan fingerprint density at radius 2 is 1.47 bits per heavy atom. The standard InChI is InChI=1S/C38H40Cl3N3O6S/c1-49-35-21-20-30(23-36(35)50-2)51(47,48)44(29-18-16-27(39)17-19-29)25-37(45)43(24-31-32(40)14-9-15-33(31)41)34(22-26-10-5-3-6-11-26)38(46)42-28-12-7-4-8-13-28/h3,5-6,9-11,14-21,23,28,34H,4,7-8,12-13,22,24-25H2,1-2H3,(H,42,46). The molecule has 1 aliphatic rings. The highest BCUT2D eigenvalue weighted by Crippen LogP contribution is 2.33. The average Bonchev–Trinajstić information content (AvgIpc) is 3.13. The Bertz CT molecular complexity index is 1900. The number of sulfonamides is 1. The first-order chi connectivity index (χ1) is 24.5. The molecule has 51 heavy (non-hydrogen) atoms. The van der Waals surface area contributed by atoms with Gasteiger partial charge in [0.1, 0.15) is 12.6 Å². The van der Waals surface area contributed by atoms with Gasteiger partial charge in [-0.1, -0.05) is 90.5 Å². The predicted molar refractivity (Wildman–Crippen MR) is 201 cm³/mol. The Morgan fingerprint density at radius 1 is 0.824 bits per heavy atom. The fraction of sp³-hybridized carbons (Fsp3) is 0.316. The first-order valence-electron chi connectivity index (χ1n) is 16.6. The van der Waals surface area contributed by atoms with Crippen molar-refractivity contribution < 1.29 is 27.5 Å². The van der Waals surface area contributed by atoms with Gasteiger partial charge in [0.25, 0.3) is 10.0 Å². The minimum atomic E-state index is -4.42. The Hall–Kier alpha value is -3.96. The number of anilines is 1. The lowest BCUT2D eigenvalue weighted by molar-refractivity contribution is -0.140. The van der Waals surface area contributed by atoms with Crippen LogP contribution < -0.4 is 19.1 Å². The van der Waals surface area contributed by atoms with E-state index in [9.17, 15) is 18.0 Å². The molecule has 1 fully saturated rings. The fourth-order valence-electron chi connectivity index (χ4n) is 6.19. The summed E-state index contributed by atoms with van der Waals surface area (Å²) in [6.07, 6.45) is 4.93. The van der Waals surface area contributed by atoms with Gasteiger partial charge in [0.05, 0.1) is 24.8 Å². The van der Waals surface area contributed by atoms with E-state index in [-0.39, 0.29) is 41.2 Å². The van der Waals surface area contributed by atoms with Crippen molar-refractivity contribution in [3.8, 4) is 11.5 Å². The van der Waals surface area contributed by atoms with Crippen LogP contribution in [0.5, 0.6) is 11.5 Å². The van der Waals surface area contributed by atoms with Gasteiger partial charge in [-0.3, -0.25) is 13.9 Å². The maximum absolute atomic E-state index is 14.8. The molecule has 0 saturated heterocycles. The normalized spacial score (nSPS) is 14.0. The summed E-state index contributed by atoms with van der Waals surface area (Å²) in [5.41, 5.74) is 1.43. The van der Waals surface area contributed by atoms with Crippen LogP contribution in [0.1, 0.15) is 43.2 Å². The third kappa shape index (κ3) is 9.48. The number of ether oxygens (including phenoxy) is 2. The highest BCUT2D eigenvalue weighted by Gasteiger charge is 2.36. The molecule has 5 rings (SSSR count). The number of carbonyl (C=O) groups excluding carboxylic acids is 2. The number of carbonyl (C=O) groups is 2. The maximum Gasteiger partial charge on any atom is 0.264 e. The van der Waals surface area contributed by atoms with Crippen LogP contribution in [0.4, 0.5) is 5.69 Å². The molecule has 13 heteroatoms. The summed E-state index contributed by atoms with van der Waals surface area (Å²) in [7, 11) is -1.57. The van der Waals surface area contributed by atoms with Crippen LogP contribution in [-0.4, -0.2) is 58.0 Å². The van der Waals surface area contributed by atoms with E-state index in [0.717, 1.165) is 42.0 Å². The minimum absolute atomic E-state index is 0.0404.